The van der Waals surface area contributed by atoms with Gasteiger partial charge in [-0.25, -0.2) is 0 Å². The molecular weight excluding hydrogens is 603 g/mol. The van der Waals surface area contributed by atoms with Crippen molar-refractivity contribution in [1.82, 2.24) is 20.4 Å². The second kappa shape index (κ2) is 15.4. The van der Waals surface area contributed by atoms with Crippen LogP contribution in [0.1, 0.15) is 30.4 Å². The predicted octanol–water partition coefficient (Wildman–Crippen LogP) is 6.16. The van der Waals surface area contributed by atoms with Gasteiger partial charge >= 0.3 is 0 Å². The minimum atomic E-state index is -0.181. The van der Waals surface area contributed by atoms with Gasteiger partial charge in [-0.3, -0.25) is 9.59 Å². The number of carbonyl (C=O) groups excluding carboxylic acids is 1. The summed E-state index contributed by atoms with van der Waals surface area (Å²) in [7, 11) is 1.60. The third-order valence-corrected chi connectivity index (χ3v) is 8.72. The van der Waals surface area contributed by atoms with Crippen molar-refractivity contribution in [2.75, 3.05) is 26.7 Å². The lowest BCUT2D eigenvalue weighted by atomic mass is 9.80. The van der Waals surface area contributed by atoms with Crippen LogP contribution >= 0.6 is 35.8 Å². The number of carbonyl (C=O) groups is 1. The van der Waals surface area contributed by atoms with E-state index in [0.717, 1.165) is 17.9 Å². The highest BCUT2D eigenvalue weighted by Gasteiger charge is 2.32. The van der Waals surface area contributed by atoms with Crippen molar-refractivity contribution in [2.45, 2.75) is 35.6 Å². The van der Waals surface area contributed by atoms with Gasteiger partial charge in [-0.1, -0.05) is 60.6 Å². The summed E-state index contributed by atoms with van der Waals surface area (Å²) in [6.45, 7) is 4.08. The first-order chi connectivity index (χ1) is 20.4. The lowest BCUT2D eigenvalue weighted by Gasteiger charge is -2.32. The molecule has 0 saturated carbocycles. The Bertz CT molecular complexity index is 1550. The Balaban J connectivity index is 0.00000423. The molecule has 7 nitrogen and oxygen atoms in total. The number of aromatic nitrogens is 2. The van der Waals surface area contributed by atoms with Crippen molar-refractivity contribution in [3.05, 3.63) is 111 Å². The molecule has 1 aliphatic rings. The van der Waals surface area contributed by atoms with Crippen molar-refractivity contribution in [3.63, 3.8) is 0 Å². The summed E-state index contributed by atoms with van der Waals surface area (Å²) in [6.07, 6.45) is 1.42. The molecule has 5 rings (SSSR count). The summed E-state index contributed by atoms with van der Waals surface area (Å²) < 4.78 is 6.73. The van der Waals surface area contributed by atoms with Crippen LogP contribution in [0.3, 0.4) is 0 Å². The van der Waals surface area contributed by atoms with Crippen LogP contribution in [0, 0.1) is 11.8 Å². The molecular formula is C33H36Cl2N4O3S. The van der Waals surface area contributed by atoms with E-state index in [2.05, 4.69) is 34.8 Å². The number of halogens is 2. The Labute approximate surface area is 267 Å². The SMILES string of the molecule is COc1ccc(-n2nc(Sc3ccc(Cl)cc3)cc(CC(C)CNC(=O)[C@H]3CNCC[C@@H]3c3ccccc3)c2=O)cc1.Cl. The zero-order valence-electron chi connectivity index (χ0n) is 24.2. The van der Waals surface area contributed by atoms with E-state index >= 15 is 0 Å². The second-order valence-electron chi connectivity index (χ2n) is 10.6. The van der Waals surface area contributed by atoms with Gasteiger partial charge < -0.3 is 15.4 Å². The Hall–Kier alpha value is -3.30. The molecule has 2 heterocycles. The van der Waals surface area contributed by atoms with Gasteiger partial charge in [-0.05, 0) is 91.4 Å². The quantitative estimate of drug-likeness (QED) is 0.217. The lowest BCUT2D eigenvalue weighted by Crippen LogP contribution is -2.45. The summed E-state index contributed by atoms with van der Waals surface area (Å²) >= 11 is 7.54. The zero-order chi connectivity index (χ0) is 29.5. The maximum Gasteiger partial charge on any atom is 0.274 e. The van der Waals surface area contributed by atoms with Crippen molar-refractivity contribution in [1.29, 1.82) is 0 Å². The van der Waals surface area contributed by atoms with Gasteiger partial charge in [-0.15, -0.1) is 12.4 Å². The molecule has 1 unspecified atom stereocenters. The molecule has 1 saturated heterocycles. The topological polar surface area (TPSA) is 85.2 Å². The van der Waals surface area contributed by atoms with Crippen LogP contribution in [0.25, 0.3) is 5.69 Å². The summed E-state index contributed by atoms with van der Waals surface area (Å²) in [5.74, 6) is 0.836. The van der Waals surface area contributed by atoms with E-state index in [1.165, 1.54) is 22.0 Å². The number of nitrogens with one attached hydrogen (secondary N) is 2. The van der Waals surface area contributed by atoms with Crippen LogP contribution in [0.5, 0.6) is 5.75 Å². The van der Waals surface area contributed by atoms with Crippen molar-refractivity contribution in [3.8, 4) is 11.4 Å². The lowest BCUT2D eigenvalue weighted by molar-refractivity contribution is -0.126. The smallest absolute Gasteiger partial charge is 0.274 e. The number of benzene rings is 3. The number of nitrogens with zero attached hydrogens (tertiary/aromatic N) is 2. The molecule has 1 aliphatic heterocycles. The number of piperidine rings is 1. The highest BCUT2D eigenvalue weighted by atomic mass is 35.5. The van der Waals surface area contributed by atoms with Crippen LogP contribution in [0.2, 0.25) is 5.02 Å². The molecule has 1 fully saturated rings. The number of methoxy groups -OCH3 is 1. The standard InChI is InChI=1S/C33H35ClN4O3S.ClH/c1-22(20-36-32(39)30-21-35-17-16-29(30)23-6-4-3-5-7-23)18-24-19-31(42-28-14-8-25(34)9-15-28)37-38(33(24)40)26-10-12-27(41-2)13-11-26;/h3-15,19,22,29-30,35H,16-18,20-21H2,1-2H3,(H,36,39);1H/t22?,29-,30+;/m1./s1. The number of hydrogen-bond acceptors (Lipinski definition) is 6. The van der Waals surface area contributed by atoms with Crippen molar-refractivity contribution < 1.29 is 9.53 Å². The Kier molecular flexibility index (Phi) is 11.7. The fourth-order valence-electron chi connectivity index (χ4n) is 5.32. The fourth-order valence-corrected chi connectivity index (χ4v) is 6.29. The van der Waals surface area contributed by atoms with Gasteiger partial charge in [0.05, 0.1) is 18.7 Å². The first-order valence-corrected chi connectivity index (χ1v) is 15.3. The molecule has 1 amide bonds. The minimum absolute atomic E-state index is 0. The molecule has 43 heavy (non-hydrogen) atoms. The van der Waals surface area contributed by atoms with Crippen molar-refractivity contribution in [2.24, 2.45) is 11.8 Å². The number of amides is 1. The van der Waals surface area contributed by atoms with E-state index in [1.54, 1.807) is 7.11 Å². The molecule has 4 aromatic rings. The largest absolute Gasteiger partial charge is 0.497 e. The highest BCUT2D eigenvalue weighted by molar-refractivity contribution is 7.99. The monoisotopic (exact) mass is 638 g/mol. The highest BCUT2D eigenvalue weighted by Crippen LogP contribution is 2.31. The number of ether oxygens (including phenoxy) is 1. The van der Waals surface area contributed by atoms with E-state index < -0.39 is 0 Å². The number of hydrogen-bond donors (Lipinski definition) is 2. The minimum Gasteiger partial charge on any atom is -0.497 e. The molecule has 0 spiro atoms. The molecule has 0 radical (unpaired) electrons. The Morgan fingerprint density at radius 1 is 1.12 bits per heavy atom. The van der Waals surface area contributed by atoms with Gasteiger partial charge in [0, 0.05) is 28.6 Å². The first-order valence-electron chi connectivity index (χ1n) is 14.2. The fraction of sp³-hybridized carbons (Fsp3) is 0.303. The Morgan fingerprint density at radius 2 is 1.84 bits per heavy atom. The molecule has 3 aromatic carbocycles. The molecule has 1 aromatic heterocycles. The predicted molar refractivity (Wildman–Crippen MR) is 175 cm³/mol. The number of rotatable bonds is 10. The van der Waals surface area contributed by atoms with Gasteiger partial charge in [0.25, 0.3) is 5.56 Å². The van der Waals surface area contributed by atoms with Gasteiger partial charge in [0.15, 0.2) is 0 Å². The molecule has 0 aliphatic carbocycles. The average Bonchev–Trinajstić information content (AvgIpc) is 3.03. The van der Waals surface area contributed by atoms with Crippen LogP contribution in [0.15, 0.2) is 99.6 Å². The van der Waals surface area contributed by atoms with E-state index in [9.17, 15) is 9.59 Å². The molecule has 226 valence electrons. The third kappa shape index (κ3) is 8.42. The summed E-state index contributed by atoms with van der Waals surface area (Å²) in [4.78, 5) is 27.9. The van der Waals surface area contributed by atoms with E-state index in [-0.39, 0.29) is 41.6 Å². The van der Waals surface area contributed by atoms with Crippen LogP contribution in [0.4, 0.5) is 0 Å². The van der Waals surface area contributed by atoms with Gasteiger partial charge in [0.2, 0.25) is 5.91 Å². The molecule has 3 atom stereocenters. The second-order valence-corrected chi connectivity index (χ2v) is 12.2. The van der Waals surface area contributed by atoms with Crippen LogP contribution in [-0.4, -0.2) is 42.4 Å². The third-order valence-electron chi connectivity index (χ3n) is 7.56. The van der Waals surface area contributed by atoms with Crippen LogP contribution in [-0.2, 0) is 11.2 Å². The van der Waals surface area contributed by atoms with Crippen molar-refractivity contribution >= 4 is 41.7 Å². The van der Waals surface area contributed by atoms with E-state index in [0.29, 0.717) is 46.6 Å². The van der Waals surface area contributed by atoms with E-state index in [4.69, 9.17) is 16.3 Å². The zero-order valence-corrected chi connectivity index (χ0v) is 26.6. The van der Waals surface area contributed by atoms with Crippen LogP contribution < -0.4 is 20.9 Å². The molecule has 2 N–H and O–H groups in total. The van der Waals surface area contributed by atoms with Gasteiger partial charge in [0.1, 0.15) is 10.8 Å². The van der Waals surface area contributed by atoms with E-state index in [1.807, 2.05) is 72.8 Å². The Morgan fingerprint density at radius 3 is 2.53 bits per heavy atom. The van der Waals surface area contributed by atoms with Gasteiger partial charge in [-0.2, -0.15) is 9.78 Å². The molecule has 0 bridgehead atoms. The molecule has 10 heteroatoms. The summed E-state index contributed by atoms with van der Waals surface area (Å²) in [5, 5.41) is 12.6. The maximum absolute atomic E-state index is 13.6. The normalized spacial score (nSPS) is 17.0. The summed E-state index contributed by atoms with van der Waals surface area (Å²) in [5.41, 5.74) is 2.31. The maximum atomic E-state index is 13.6. The first kappa shape index (κ1) is 32.6. The average molecular weight is 640 g/mol. The summed E-state index contributed by atoms with van der Waals surface area (Å²) in [6, 6.07) is 26.9.